The van der Waals surface area contributed by atoms with E-state index in [1.807, 2.05) is 0 Å². The van der Waals surface area contributed by atoms with Crippen molar-refractivity contribution in [1.29, 1.82) is 0 Å². The van der Waals surface area contributed by atoms with Crippen molar-refractivity contribution in [1.82, 2.24) is 0 Å². The summed E-state index contributed by atoms with van der Waals surface area (Å²) in [6.45, 7) is 4.59. The van der Waals surface area contributed by atoms with E-state index in [0.717, 1.165) is 0 Å². The maximum Gasteiger partial charge on any atom is 0.337 e. The Bertz CT molecular complexity index is 457. The van der Waals surface area contributed by atoms with E-state index >= 15 is 0 Å². The molecule has 0 amide bonds. The standard InChI is InChI=1S/C18H38.C7H7NO2/c1-3-5-7-9-11-13-15-17-18-16-14-12-10-8-6-4-2;8-6-4-2-1-3-5(6)7(9)10/h3-18H2,1-2H3;1-4H,8H2,(H,9,10). The molecule has 0 bridgehead atoms. The van der Waals surface area contributed by atoms with Crippen molar-refractivity contribution in [2.45, 2.75) is 117 Å². The largest absolute Gasteiger partial charge is 0.478 e. The first-order chi connectivity index (χ1) is 13.6. The van der Waals surface area contributed by atoms with Gasteiger partial charge in [-0.3, -0.25) is 0 Å². The molecular weight excluding hydrogens is 346 g/mol. The van der Waals surface area contributed by atoms with Gasteiger partial charge < -0.3 is 10.8 Å². The van der Waals surface area contributed by atoms with Crippen molar-refractivity contribution in [3.63, 3.8) is 0 Å². The summed E-state index contributed by atoms with van der Waals surface area (Å²) in [4.78, 5) is 10.3. The summed E-state index contributed by atoms with van der Waals surface area (Å²) >= 11 is 0. The Kier molecular flexibility index (Phi) is 19.1. The molecule has 0 aromatic heterocycles. The van der Waals surface area contributed by atoms with Crippen LogP contribution in [0.2, 0.25) is 0 Å². The van der Waals surface area contributed by atoms with Crippen LogP contribution in [0.25, 0.3) is 0 Å². The van der Waals surface area contributed by atoms with Crippen LogP contribution in [0, 0.1) is 0 Å². The zero-order valence-corrected chi connectivity index (χ0v) is 18.6. The van der Waals surface area contributed by atoms with Crippen LogP contribution in [-0.4, -0.2) is 11.1 Å². The average Bonchev–Trinajstić information content (AvgIpc) is 2.69. The van der Waals surface area contributed by atoms with Gasteiger partial charge in [-0.1, -0.05) is 129 Å². The van der Waals surface area contributed by atoms with Crippen LogP contribution >= 0.6 is 0 Å². The Hall–Kier alpha value is -1.51. The number of unbranched alkanes of at least 4 members (excludes halogenated alkanes) is 15. The Balaban J connectivity index is 0.000000609. The highest BCUT2D eigenvalue weighted by molar-refractivity contribution is 5.93. The molecule has 0 aliphatic carbocycles. The summed E-state index contributed by atoms with van der Waals surface area (Å²) in [6, 6.07) is 6.36. The molecule has 3 heteroatoms. The smallest absolute Gasteiger partial charge is 0.337 e. The minimum atomic E-state index is -0.988. The number of benzene rings is 1. The summed E-state index contributed by atoms with van der Waals surface area (Å²) in [6.07, 6.45) is 23.4. The number of para-hydroxylation sites is 1. The molecule has 1 rings (SSSR count). The van der Waals surface area contributed by atoms with Gasteiger partial charge in [0, 0.05) is 5.69 Å². The zero-order chi connectivity index (χ0) is 20.9. The molecule has 1 aromatic rings. The van der Waals surface area contributed by atoms with Crippen LogP contribution in [0.1, 0.15) is 127 Å². The lowest BCUT2D eigenvalue weighted by atomic mass is 10.0. The minimum Gasteiger partial charge on any atom is -0.478 e. The van der Waals surface area contributed by atoms with Gasteiger partial charge in [0.1, 0.15) is 0 Å². The van der Waals surface area contributed by atoms with Gasteiger partial charge in [-0.25, -0.2) is 4.79 Å². The number of hydrogen-bond acceptors (Lipinski definition) is 2. The van der Waals surface area contributed by atoms with E-state index < -0.39 is 5.97 Å². The molecule has 0 saturated heterocycles. The summed E-state index contributed by atoms with van der Waals surface area (Å²) in [5.74, 6) is -0.988. The van der Waals surface area contributed by atoms with Gasteiger partial charge in [0.25, 0.3) is 0 Å². The minimum absolute atomic E-state index is 0.155. The molecular formula is C25H45NO2. The van der Waals surface area contributed by atoms with E-state index in [1.54, 1.807) is 18.2 Å². The predicted octanol–water partition coefficient (Wildman–Crippen LogP) is 8.23. The normalized spacial score (nSPS) is 10.4. The third kappa shape index (κ3) is 16.6. The van der Waals surface area contributed by atoms with E-state index in [2.05, 4.69) is 13.8 Å². The van der Waals surface area contributed by atoms with Crippen LogP contribution in [0.15, 0.2) is 24.3 Å². The molecule has 3 nitrogen and oxygen atoms in total. The summed E-state index contributed by atoms with van der Waals surface area (Å²) in [5, 5.41) is 8.49. The quantitative estimate of drug-likeness (QED) is 0.220. The van der Waals surface area contributed by atoms with Gasteiger partial charge in [0.15, 0.2) is 0 Å². The summed E-state index contributed by atoms with van der Waals surface area (Å²) in [5.41, 5.74) is 5.80. The second kappa shape index (κ2) is 20.2. The van der Waals surface area contributed by atoms with Crippen molar-refractivity contribution >= 4 is 11.7 Å². The first-order valence-corrected chi connectivity index (χ1v) is 11.7. The van der Waals surface area contributed by atoms with Gasteiger partial charge in [-0.2, -0.15) is 0 Å². The molecule has 1 aromatic carbocycles. The number of anilines is 1. The van der Waals surface area contributed by atoms with Gasteiger partial charge in [-0.15, -0.1) is 0 Å². The topological polar surface area (TPSA) is 63.3 Å². The van der Waals surface area contributed by atoms with E-state index in [1.165, 1.54) is 109 Å². The Labute approximate surface area is 174 Å². The highest BCUT2D eigenvalue weighted by atomic mass is 16.4. The van der Waals surface area contributed by atoms with Gasteiger partial charge in [0.05, 0.1) is 5.56 Å². The summed E-state index contributed by atoms with van der Waals surface area (Å²) < 4.78 is 0. The molecule has 3 N–H and O–H groups in total. The Morgan fingerprint density at radius 1 is 0.679 bits per heavy atom. The molecule has 28 heavy (non-hydrogen) atoms. The number of carboxylic acids is 1. The second-order valence-electron chi connectivity index (χ2n) is 7.84. The lowest BCUT2D eigenvalue weighted by molar-refractivity contribution is 0.0698. The van der Waals surface area contributed by atoms with Crippen LogP contribution in [0.3, 0.4) is 0 Å². The SMILES string of the molecule is CCCCCCCCCCCCCCCCCC.Nc1ccccc1C(=O)O. The molecule has 0 saturated carbocycles. The number of nitrogens with two attached hydrogens (primary N) is 1. The first-order valence-electron chi connectivity index (χ1n) is 11.7. The predicted molar refractivity (Wildman–Crippen MR) is 123 cm³/mol. The van der Waals surface area contributed by atoms with Gasteiger partial charge in [0.2, 0.25) is 0 Å². The van der Waals surface area contributed by atoms with Crippen LogP contribution in [0.5, 0.6) is 0 Å². The number of hydrogen-bond donors (Lipinski definition) is 2. The number of rotatable bonds is 16. The highest BCUT2D eigenvalue weighted by Gasteiger charge is 2.03. The molecule has 0 unspecified atom stereocenters. The van der Waals surface area contributed by atoms with Crippen molar-refractivity contribution in [2.24, 2.45) is 0 Å². The molecule has 0 aliphatic heterocycles. The molecule has 0 heterocycles. The fraction of sp³-hybridized carbons (Fsp3) is 0.720. The fourth-order valence-electron chi connectivity index (χ4n) is 3.31. The Morgan fingerprint density at radius 2 is 1.00 bits per heavy atom. The zero-order valence-electron chi connectivity index (χ0n) is 18.6. The second-order valence-corrected chi connectivity index (χ2v) is 7.84. The average molecular weight is 392 g/mol. The molecule has 0 radical (unpaired) electrons. The molecule has 0 fully saturated rings. The van der Waals surface area contributed by atoms with E-state index in [0.29, 0.717) is 5.69 Å². The molecule has 162 valence electrons. The third-order valence-electron chi connectivity index (χ3n) is 5.15. The van der Waals surface area contributed by atoms with Crippen LogP contribution in [-0.2, 0) is 0 Å². The highest BCUT2D eigenvalue weighted by Crippen LogP contribution is 2.13. The van der Waals surface area contributed by atoms with Crippen LogP contribution in [0.4, 0.5) is 5.69 Å². The van der Waals surface area contributed by atoms with Crippen molar-refractivity contribution in [3.05, 3.63) is 29.8 Å². The number of nitrogen functional groups attached to an aromatic ring is 1. The first kappa shape index (κ1) is 26.5. The number of aromatic carboxylic acids is 1. The lowest BCUT2D eigenvalue weighted by Crippen LogP contribution is -2.00. The van der Waals surface area contributed by atoms with Crippen LogP contribution < -0.4 is 5.73 Å². The lowest BCUT2D eigenvalue weighted by Gasteiger charge is -2.03. The maximum atomic E-state index is 10.3. The van der Waals surface area contributed by atoms with E-state index in [4.69, 9.17) is 10.8 Å². The maximum absolute atomic E-state index is 10.3. The number of carbonyl (C=O) groups is 1. The van der Waals surface area contributed by atoms with E-state index in [-0.39, 0.29) is 5.56 Å². The van der Waals surface area contributed by atoms with Gasteiger partial charge >= 0.3 is 5.97 Å². The fourth-order valence-corrected chi connectivity index (χ4v) is 3.31. The van der Waals surface area contributed by atoms with Crippen molar-refractivity contribution in [2.75, 3.05) is 5.73 Å². The molecule has 0 atom stereocenters. The molecule has 0 spiro atoms. The van der Waals surface area contributed by atoms with Crippen molar-refractivity contribution in [3.8, 4) is 0 Å². The Morgan fingerprint density at radius 3 is 1.25 bits per heavy atom. The summed E-state index contributed by atoms with van der Waals surface area (Å²) in [7, 11) is 0. The third-order valence-corrected chi connectivity index (χ3v) is 5.15. The number of carboxylic acid groups (broad SMARTS) is 1. The van der Waals surface area contributed by atoms with E-state index in [9.17, 15) is 4.79 Å². The van der Waals surface area contributed by atoms with Crippen molar-refractivity contribution < 1.29 is 9.90 Å². The molecule has 0 aliphatic rings. The monoisotopic (exact) mass is 391 g/mol. The van der Waals surface area contributed by atoms with Gasteiger partial charge in [-0.05, 0) is 12.1 Å².